The quantitative estimate of drug-likeness (QED) is 0.509. The zero-order valence-electron chi connectivity index (χ0n) is 5.07. The number of hydrogen-bond donors (Lipinski definition) is 0. The Kier molecular flexibility index (Phi) is 6.92. The molecule has 0 spiro atoms. The Morgan fingerprint density at radius 2 is 2.10 bits per heavy atom. The van der Waals surface area contributed by atoms with E-state index in [0.717, 1.165) is 4.47 Å². The van der Waals surface area contributed by atoms with Gasteiger partial charge in [0.1, 0.15) is 0 Å². The molecule has 0 aliphatic heterocycles. The fourth-order valence-corrected chi connectivity index (χ4v) is 0.745. The second-order valence-corrected chi connectivity index (χ2v) is 2.27. The molecule has 0 nitrogen and oxygen atoms in total. The zero-order chi connectivity index (χ0) is 7.98. The molecule has 0 saturated carbocycles. The molecule has 10 heavy (non-hydrogen) atoms. The van der Waals surface area contributed by atoms with E-state index in [1.807, 2.05) is 0 Å². The van der Waals surface area contributed by atoms with Gasteiger partial charge in [-0.2, -0.15) is 12.1 Å². The van der Waals surface area contributed by atoms with E-state index >= 15 is 0 Å². The van der Waals surface area contributed by atoms with Gasteiger partial charge in [-0.3, -0.25) is 0 Å². The molecule has 0 aliphatic carbocycles. The summed E-state index contributed by atoms with van der Waals surface area (Å²) < 4.78 is 12.8. The third-order valence-electron chi connectivity index (χ3n) is 0.728. The molecule has 0 heterocycles. The summed E-state index contributed by atoms with van der Waals surface area (Å²) in [6, 6.07) is 6.99. The molecule has 0 aromatic heterocycles. The number of halogens is 3. The van der Waals surface area contributed by atoms with Crippen molar-refractivity contribution in [2.24, 2.45) is 0 Å². The van der Waals surface area contributed by atoms with Gasteiger partial charge < -0.3 is 0 Å². The maximum absolute atomic E-state index is 12.1. The molecule has 1 rings (SSSR count). The summed E-state index contributed by atoms with van der Waals surface area (Å²) in [5.41, 5.74) is 0. The maximum atomic E-state index is 12.1. The van der Waals surface area contributed by atoms with Crippen LogP contribution in [0, 0.1) is 11.9 Å². The van der Waals surface area contributed by atoms with E-state index in [1.165, 1.54) is 28.5 Å². The third kappa shape index (κ3) is 4.53. The van der Waals surface area contributed by atoms with E-state index in [0.29, 0.717) is 0 Å². The first-order chi connectivity index (χ1) is 4.79. The summed E-state index contributed by atoms with van der Waals surface area (Å²) in [7, 11) is 0. The van der Waals surface area contributed by atoms with Gasteiger partial charge >= 0.3 is 30.0 Å². The van der Waals surface area contributed by atoms with Crippen molar-refractivity contribution in [3.05, 3.63) is 34.6 Å². The van der Waals surface area contributed by atoms with Crippen LogP contribution in [0.15, 0.2) is 22.7 Å². The van der Waals surface area contributed by atoms with Crippen LogP contribution in [0.1, 0.15) is 0 Å². The van der Waals surface area contributed by atoms with Gasteiger partial charge in [-0.25, -0.2) is 4.39 Å². The fourth-order valence-electron chi connectivity index (χ4n) is 0.412. The Bertz CT molecular complexity index is 176. The summed E-state index contributed by atoms with van der Waals surface area (Å²) in [6.45, 7) is 0. The van der Waals surface area contributed by atoms with Crippen LogP contribution >= 0.6 is 29.6 Å². The third-order valence-corrected chi connectivity index (χ3v) is 1.22. The van der Waals surface area contributed by atoms with Crippen LogP contribution in [0.2, 0.25) is 0 Å². The summed E-state index contributed by atoms with van der Waals surface area (Å²) >= 11 is 7.35. The zero-order valence-corrected chi connectivity index (χ0v) is 11.2. The molecule has 0 fully saturated rings. The van der Waals surface area contributed by atoms with Gasteiger partial charge in [-0.1, -0.05) is 20.4 Å². The first-order valence-electron chi connectivity index (χ1n) is 2.38. The molecule has 4 heteroatoms. The minimum atomic E-state index is -0.334. The second kappa shape index (κ2) is 6.44. The molecule has 0 amide bonds. The number of rotatable bonds is 0. The Hall–Kier alpha value is 0.733. The molecular weight excluding hydrogens is 316 g/mol. The number of benzene rings is 1. The number of hydrogen-bond acceptors (Lipinski definition) is 0. The molecule has 0 bridgehead atoms. The monoisotopic (exact) mass is 316 g/mol. The fraction of sp³-hybridized carbons (Fsp3) is 0. The van der Waals surface area contributed by atoms with Crippen LogP contribution in [0.3, 0.4) is 0 Å². The first kappa shape index (κ1) is 10.7. The molecule has 0 saturated heterocycles. The summed E-state index contributed by atoms with van der Waals surface area (Å²) in [6.07, 6.45) is 0. The molecule has 0 atom stereocenters. The first-order valence-corrected chi connectivity index (χ1v) is 10.1. The van der Waals surface area contributed by atoms with Crippen molar-refractivity contribution in [2.75, 3.05) is 0 Å². The van der Waals surface area contributed by atoms with Crippen LogP contribution in [-0.4, -0.2) is 0 Å². The Morgan fingerprint density at radius 3 is 2.40 bits per heavy atom. The van der Waals surface area contributed by atoms with Crippen LogP contribution < -0.4 is 0 Å². The van der Waals surface area contributed by atoms with Gasteiger partial charge in [0.25, 0.3) is 0 Å². The summed E-state index contributed by atoms with van der Waals surface area (Å²) in [5, 5.41) is 0. The standard InChI is InChI=1S/C6H3BrF.BrH.Zn/c7-5-2-1-3-6(8)4-5;;/h1-2,4H;1H;/q-1;;+2/p-1. The summed E-state index contributed by atoms with van der Waals surface area (Å²) in [5.74, 6) is -0.334. The molecule has 0 radical (unpaired) electrons. The van der Waals surface area contributed by atoms with E-state index < -0.39 is 0 Å². The van der Waals surface area contributed by atoms with Crippen LogP contribution in [-0.2, 0) is 16.3 Å². The average Bonchev–Trinajstić information content (AvgIpc) is 1.91. The van der Waals surface area contributed by atoms with Crippen molar-refractivity contribution in [1.29, 1.82) is 0 Å². The topological polar surface area (TPSA) is 0 Å². The van der Waals surface area contributed by atoms with Crippen molar-refractivity contribution in [3.8, 4) is 0 Å². The molecule has 50 valence electrons. The van der Waals surface area contributed by atoms with E-state index in [9.17, 15) is 4.39 Å². The van der Waals surface area contributed by atoms with Gasteiger partial charge in [0.15, 0.2) is 0 Å². The minimum absolute atomic E-state index is 0.334. The Labute approximate surface area is 84.4 Å². The van der Waals surface area contributed by atoms with Crippen molar-refractivity contribution in [3.63, 3.8) is 0 Å². The van der Waals surface area contributed by atoms with Gasteiger partial charge in [0, 0.05) is 5.82 Å². The molecule has 0 N–H and O–H groups in total. The predicted octanol–water partition coefficient (Wildman–Crippen LogP) is 3.23. The van der Waals surface area contributed by atoms with Crippen LogP contribution in [0.25, 0.3) is 0 Å². The molecule has 1 aromatic rings. The van der Waals surface area contributed by atoms with E-state index in [2.05, 4.69) is 35.6 Å². The van der Waals surface area contributed by atoms with Gasteiger partial charge in [0.05, 0.1) is 0 Å². The Morgan fingerprint density at radius 1 is 1.50 bits per heavy atom. The van der Waals surface area contributed by atoms with E-state index in [4.69, 9.17) is 0 Å². The summed E-state index contributed by atoms with van der Waals surface area (Å²) in [4.78, 5) is 0. The molecule has 0 unspecified atom stereocenters. The van der Waals surface area contributed by atoms with Crippen molar-refractivity contribution >= 4 is 29.6 Å². The van der Waals surface area contributed by atoms with E-state index in [1.54, 1.807) is 6.07 Å². The van der Waals surface area contributed by atoms with Gasteiger partial charge in [-0.15, -0.1) is 12.1 Å². The van der Waals surface area contributed by atoms with Gasteiger partial charge in [0.2, 0.25) is 0 Å². The molecule has 1 aromatic carbocycles. The molecule has 0 aliphatic rings. The Balaban J connectivity index is 0.000000371. The molecular formula is C6H3Br2FZn. The normalized spacial score (nSPS) is 8.10. The van der Waals surface area contributed by atoms with Crippen LogP contribution in [0.5, 0.6) is 0 Å². The van der Waals surface area contributed by atoms with Crippen LogP contribution in [0.4, 0.5) is 4.39 Å². The van der Waals surface area contributed by atoms with Crippen molar-refractivity contribution in [1.82, 2.24) is 0 Å². The van der Waals surface area contributed by atoms with E-state index in [-0.39, 0.29) is 5.82 Å². The van der Waals surface area contributed by atoms with Crippen molar-refractivity contribution < 1.29 is 20.7 Å². The predicted molar refractivity (Wildman–Crippen MR) is 41.9 cm³/mol. The second-order valence-electron chi connectivity index (χ2n) is 1.35. The van der Waals surface area contributed by atoms with Crippen molar-refractivity contribution in [2.45, 2.75) is 0 Å². The average molecular weight is 319 g/mol. The van der Waals surface area contributed by atoms with Gasteiger partial charge in [-0.05, 0) is 0 Å². The SMILES string of the molecule is Fc1[c-]ccc(Br)c1.[Zn+][Br].